The second kappa shape index (κ2) is 4.87. The van der Waals surface area contributed by atoms with Gasteiger partial charge in [-0.25, -0.2) is 0 Å². The molecule has 0 radical (unpaired) electrons. The van der Waals surface area contributed by atoms with Crippen molar-refractivity contribution in [1.29, 1.82) is 0 Å². The molecule has 0 unspecified atom stereocenters. The highest BCUT2D eigenvalue weighted by molar-refractivity contribution is 5.91. The van der Waals surface area contributed by atoms with Gasteiger partial charge in [0.2, 0.25) is 0 Å². The van der Waals surface area contributed by atoms with Crippen molar-refractivity contribution in [2.24, 2.45) is 0 Å². The Morgan fingerprint density at radius 3 is 2.64 bits per heavy atom. The highest BCUT2D eigenvalue weighted by Crippen LogP contribution is 1.87. The third-order valence-electron chi connectivity index (χ3n) is 1.05. The molecule has 0 bridgehead atoms. The number of hydrazine groups is 1. The molecule has 0 atom stereocenters. The summed E-state index contributed by atoms with van der Waals surface area (Å²) in [4.78, 5) is 10.8. The van der Waals surface area contributed by atoms with Crippen LogP contribution in [0.25, 0.3) is 0 Å². The highest BCUT2D eigenvalue weighted by Gasteiger charge is 2.04. The zero-order valence-corrected chi connectivity index (χ0v) is 6.92. The van der Waals surface area contributed by atoms with Crippen molar-refractivity contribution in [3.05, 3.63) is 12.2 Å². The first-order valence-corrected chi connectivity index (χ1v) is 3.50. The molecule has 0 rings (SSSR count). The van der Waals surface area contributed by atoms with E-state index in [2.05, 4.69) is 12.0 Å². The third-order valence-corrected chi connectivity index (χ3v) is 1.05. The van der Waals surface area contributed by atoms with Crippen LogP contribution >= 0.6 is 0 Å². The number of hydrogen-bond acceptors (Lipinski definition) is 3. The molecule has 4 nitrogen and oxygen atoms in total. The fourth-order valence-electron chi connectivity index (χ4n) is 0.480. The Hall–Kier alpha value is -0.870. The lowest BCUT2D eigenvalue weighted by molar-refractivity contribution is -0.157. The summed E-state index contributed by atoms with van der Waals surface area (Å²) < 4.78 is 0. The minimum Gasteiger partial charge on any atom is -0.294 e. The molecule has 0 saturated heterocycles. The number of amides is 1. The predicted molar refractivity (Wildman–Crippen MR) is 41.7 cm³/mol. The fraction of sp³-hybridized carbons (Fsp3) is 0.571. The molecular weight excluding hydrogens is 144 g/mol. The molecule has 0 fully saturated rings. The number of rotatable bonds is 4. The molecule has 0 aromatic rings. The quantitative estimate of drug-likeness (QED) is 0.467. The molecule has 0 aliphatic carbocycles. The van der Waals surface area contributed by atoms with Crippen LogP contribution in [0, 0.1) is 0 Å². The third kappa shape index (κ3) is 4.52. The Morgan fingerprint density at radius 1 is 1.73 bits per heavy atom. The zero-order chi connectivity index (χ0) is 8.85. The van der Waals surface area contributed by atoms with Crippen molar-refractivity contribution in [1.82, 2.24) is 10.6 Å². The molecule has 0 aromatic carbocycles. The first kappa shape index (κ1) is 10.1. The summed E-state index contributed by atoms with van der Waals surface area (Å²) >= 11 is 0. The average molecular weight is 158 g/mol. The van der Waals surface area contributed by atoms with Gasteiger partial charge in [-0.05, 0) is 13.3 Å². The van der Waals surface area contributed by atoms with E-state index in [1.54, 1.807) is 6.92 Å². The van der Waals surface area contributed by atoms with Gasteiger partial charge >= 0.3 is 0 Å². The van der Waals surface area contributed by atoms with Gasteiger partial charge in [0.05, 0.1) is 0 Å². The van der Waals surface area contributed by atoms with Crippen LogP contribution < -0.4 is 5.43 Å². The summed E-state index contributed by atoms with van der Waals surface area (Å²) in [5.74, 6) is -0.360. The van der Waals surface area contributed by atoms with Gasteiger partial charge < -0.3 is 0 Å². The number of nitrogens with one attached hydrogen (secondary N) is 1. The van der Waals surface area contributed by atoms with Crippen molar-refractivity contribution in [2.75, 3.05) is 6.54 Å². The molecule has 4 heteroatoms. The van der Waals surface area contributed by atoms with Gasteiger partial charge in [-0.15, -0.1) is 5.17 Å². The molecule has 1 amide bonds. The normalized spacial score (nSPS) is 9.82. The molecule has 2 N–H and O–H groups in total. The lowest BCUT2D eigenvalue weighted by Gasteiger charge is -2.14. The average Bonchev–Trinajstić information content (AvgIpc) is 1.87. The van der Waals surface area contributed by atoms with Gasteiger partial charge in [0, 0.05) is 12.1 Å². The minimum atomic E-state index is -0.360. The molecule has 0 spiro atoms. The van der Waals surface area contributed by atoms with Crippen molar-refractivity contribution < 1.29 is 10.0 Å². The van der Waals surface area contributed by atoms with E-state index in [1.807, 2.05) is 6.92 Å². The van der Waals surface area contributed by atoms with Gasteiger partial charge in [-0.1, -0.05) is 13.5 Å². The first-order chi connectivity index (χ1) is 5.07. The lowest BCUT2D eigenvalue weighted by atomic mass is 10.3. The largest absolute Gasteiger partial charge is 0.294 e. The Bertz CT molecular complexity index is 157. The van der Waals surface area contributed by atoms with Crippen LogP contribution in [0.3, 0.4) is 0 Å². The van der Waals surface area contributed by atoms with E-state index in [0.29, 0.717) is 12.1 Å². The second-order valence-corrected chi connectivity index (χ2v) is 2.34. The standard InChI is InChI=1S/C7H14N2O2/c1-4-5-9(11)8-7(10)6(2)3/h11H,2,4-5H2,1,3H3,(H,8,10). The summed E-state index contributed by atoms with van der Waals surface area (Å²) in [6.07, 6.45) is 0.771. The fourth-order valence-corrected chi connectivity index (χ4v) is 0.480. The van der Waals surface area contributed by atoms with E-state index >= 15 is 0 Å². The highest BCUT2D eigenvalue weighted by atomic mass is 16.5. The molecule has 0 saturated carbocycles. The van der Waals surface area contributed by atoms with E-state index < -0.39 is 0 Å². The number of carbonyl (C=O) groups is 1. The van der Waals surface area contributed by atoms with Crippen LogP contribution in [0.4, 0.5) is 0 Å². The number of hydrogen-bond donors (Lipinski definition) is 2. The SMILES string of the molecule is C=C(C)C(=O)NN(O)CCC. The van der Waals surface area contributed by atoms with Crippen molar-refractivity contribution in [3.63, 3.8) is 0 Å². The van der Waals surface area contributed by atoms with E-state index in [-0.39, 0.29) is 5.91 Å². The summed E-state index contributed by atoms with van der Waals surface area (Å²) in [6.45, 7) is 7.31. The van der Waals surface area contributed by atoms with Crippen molar-refractivity contribution in [3.8, 4) is 0 Å². The smallest absolute Gasteiger partial charge is 0.262 e. The van der Waals surface area contributed by atoms with Crippen LogP contribution in [0.1, 0.15) is 20.3 Å². The van der Waals surface area contributed by atoms with Gasteiger partial charge in [0.25, 0.3) is 5.91 Å². The molecule has 0 aliphatic heterocycles. The summed E-state index contributed by atoms with van der Waals surface area (Å²) in [6, 6.07) is 0. The topological polar surface area (TPSA) is 52.6 Å². The molecule has 64 valence electrons. The summed E-state index contributed by atoms with van der Waals surface area (Å²) in [5, 5.41) is 9.69. The van der Waals surface area contributed by atoms with E-state index in [9.17, 15) is 4.79 Å². The van der Waals surface area contributed by atoms with Gasteiger partial charge in [0.15, 0.2) is 0 Å². The summed E-state index contributed by atoms with van der Waals surface area (Å²) in [5.41, 5.74) is 2.61. The maximum atomic E-state index is 10.8. The van der Waals surface area contributed by atoms with Gasteiger partial charge in [-0.3, -0.25) is 15.4 Å². The zero-order valence-electron chi connectivity index (χ0n) is 6.92. The summed E-state index contributed by atoms with van der Waals surface area (Å²) in [7, 11) is 0. The number of nitrogens with zero attached hydrogens (tertiary/aromatic N) is 1. The van der Waals surface area contributed by atoms with E-state index in [1.165, 1.54) is 0 Å². The van der Waals surface area contributed by atoms with Crippen LogP contribution in [0.5, 0.6) is 0 Å². The molecule has 11 heavy (non-hydrogen) atoms. The maximum Gasteiger partial charge on any atom is 0.262 e. The van der Waals surface area contributed by atoms with Gasteiger partial charge in [-0.2, -0.15) is 0 Å². The molecule has 0 aromatic heterocycles. The van der Waals surface area contributed by atoms with Crippen LogP contribution in [0.2, 0.25) is 0 Å². The Labute approximate surface area is 66.4 Å². The van der Waals surface area contributed by atoms with Crippen LogP contribution in [0.15, 0.2) is 12.2 Å². The monoisotopic (exact) mass is 158 g/mol. The van der Waals surface area contributed by atoms with Crippen LogP contribution in [-0.4, -0.2) is 22.8 Å². The lowest BCUT2D eigenvalue weighted by Crippen LogP contribution is -2.40. The Kier molecular flexibility index (Phi) is 4.49. The number of carbonyl (C=O) groups excluding carboxylic acids is 1. The van der Waals surface area contributed by atoms with Crippen molar-refractivity contribution in [2.45, 2.75) is 20.3 Å². The van der Waals surface area contributed by atoms with Crippen molar-refractivity contribution >= 4 is 5.91 Å². The van der Waals surface area contributed by atoms with Gasteiger partial charge in [0.1, 0.15) is 0 Å². The van der Waals surface area contributed by atoms with Crippen LogP contribution in [-0.2, 0) is 4.79 Å². The molecular formula is C7H14N2O2. The second-order valence-electron chi connectivity index (χ2n) is 2.34. The minimum absolute atomic E-state index is 0.360. The van der Waals surface area contributed by atoms with E-state index in [4.69, 9.17) is 5.21 Å². The molecule has 0 aliphatic rings. The Morgan fingerprint density at radius 2 is 2.27 bits per heavy atom. The number of hydroxylamine groups is 1. The molecule has 0 heterocycles. The first-order valence-electron chi connectivity index (χ1n) is 3.50. The predicted octanol–water partition coefficient (Wildman–Crippen LogP) is 0.695. The van der Waals surface area contributed by atoms with E-state index in [0.717, 1.165) is 11.6 Å². The maximum absolute atomic E-state index is 10.8. The Balaban J connectivity index is 3.66.